The zero-order chi connectivity index (χ0) is 18.7. The average Bonchev–Trinajstić information content (AvgIpc) is 3.00. The molecule has 2 aliphatic rings. The molecule has 0 radical (unpaired) electrons. The number of carbonyl (C=O) groups excluding carboxylic acids is 1. The highest BCUT2D eigenvalue weighted by Crippen LogP contribution is 2.40. The van der Waals surface area contributed by atoms with Gasteiger partial charge >= 0.3 is 0 Å². The minimum absolute atomic E-state index is 0.0334. The first-order valence-corrected chi connectivity index (χ1v) is 9.05. The lowest BCUT2D eigenvalue weighted by Gasteiger charge is -2.37. The van der Waals surface area contributed by atoms with Crippen LogP contribution in [0.3, 0.4) is 0 Å². The van der Waals surface area contributed by atoms with E-state index in [0.717, 1.165) is 24.2 Å². The van der Waals surface area contributed by atoms with Crippen LogP contribution >= 0.6 is 0 Å². The first kappa shape index (κ1) is 19.3. The second-order valence-corrected chi connectivity index (χ2v) is 7.33. The van der Waals surface area contributed by atoms with E-state index in [9.17, 15) is 4.79 Å². The van der Waals surface area contributed by atoms with E-state index in [1.54, 1.807) is 14.2 Å². The molecule has 1 unspecified atom stereocenters. The summed E-state index contributed by atoms with van der Waals surface area (Å²) < 4.78 is 27.8. The lowest BCUT2D eigenvalue weighted by Crippen LogP contribution is -2.46. The van der Waals surface area contributed by atoms with Crippen LogP contribution in [0.2, 0.25) is 0 Å². The van der Waals surface area contributed by atoms with E-state index in [-0.39, 0.29) is 30.5 Å². The molecule has 1 saturated carbocycles. The first-order chi connectivity index (χ1) is 12.4. The second-order valence-electron chi connectivity index (χ2n) is 7.33. The quantitative estimate of drug-likeness (QED) is 0.723. The maximum Gasteiger partial charge on any atom is 0.169 e. The van der Waals surface area contributed by atoms with E-state index in [4.69, 9.17) is 23.7 Å². The van der Waals surface area contributed by atoms with Gasteiger partial charge in [-0.3, -0.25) is 4.79 Å². The lowest BCUT2D eigenvalue weighted by atomic mass is 9.74. The fourth-order valence-corrected chi connectivity index (χ4v) is 3.88. The summed E-state index contributed by atoms with van der Waals surface area (Å²) in [5.74, 6) is 0.0210. The van der Waals surface area contributed by atoms with Gasteiger partial charge in [-0.15, -0.1) is 0 Å². The molecule has 1 aromatic carbocycles. The van der Waals surface area contributed by atoms with Crippen molar-refractivity contribution in [1.82, 2.24) is 0 Å². The molecule has 0 aromatic heterocycles. The molecule has 0 spiro atoms. The molecular weight excluding hydrogens is 336 g/mol. The van der Waals surface area contributed by atoms with Crippen LogP contribution < -0.4 is 4.74 Å². The number of rotatable bonds is 6. The largest absolute Gasteiger partial charge is 0.497 e. The number of hydrogen-bond donors (Lipinski definition) is 0. The van der Waals surface area contributed by atoms with Gasteiger partial charge in [0.25, 0.3) is 0 Å². The van der Waals surface area contributed by atoms with Crippen LogP contribution in [-0.2, 0) is 23.7 Å². The maximum atomic E-state index is 13.2. The monoisotopic (exact) mass is 364 g/mol. The summed E-state index contributed by atoms with van der Waals surface area (Å²) in [4.78, 5) is 13.2. The Morgan fingerprint density at radius 1 is 1.15 bits per heavy atom. The van der Waals surface area contributed by atoms with Gasteiger partial charge in [-0.2, -0.15) is 0 Å². The standard InChI is InChI=1S/C20H28O6/c1-20(2)25-11-17(26-20)16-10-9-15(18(21)19(16)24-12-22-3)13-5-7-14(23-4)8-6-13/h5-8,15-17,19H,9-12H2,1-4H3/t15?,16-,17+,19+/m0/s1. The molecule has 2 fully saturated rings. The Labute approximate surface area is 154 Å². The molecule has 1 heterocycles. The third-order valence-corrected chi connectivity index (χ3v) is 5.19. The van der Waals surface area contributed by atoms with Crippen molar-refractivity contribution >= 4 is 5.78 Å². The van der Waals surface area contributed by atoms with Crippen molar-refractivity contribution in [3.63, 3.8) is 0 Å². The molecule has 1 aliphatic carbocycles. The minimum Gasteiger partial charge on any atom is -0.497 e. The topological polar surface area (TPSA) is 63.2 Å². The van der Waals surface area contributed by atoms with E-state index in [2.05, 4.69) is 0 Å². The van der Waals surface area contributed by atoms with Crippen molar-refractivity contribution in [2.45, 2.75) is 50.6 Å². The van der Waals surface area contributed by atoms with Gasteiger partial charge in [-0.05, 0) is 44.4 Å². The third-order valence-electron chi connectivity index (χ3n) is 5.19. The molecule has 1 aromatic rings. The molecule has 1 aliphatic heterocycles. The Bertz CT molecular complexity index is 611. The second kappa shape index (κ2) is 8.05. The van der Waals surface area contributed by atoms with Crippen LogP contribution in [0.25, 0.3) is 0 Å². The van der Waals surface area contributed by atoms with Gasteiger partial charge < -0.3 is 23.7 Å². The summed E-state index contributed by atoms with van der Waals surface area (Å²) in [6.07, 6.45) is 0.898. The normalized spacial score (nSPS) is 31.2. The first-order valence-electron chi connectivity index (χ1n) is 9.05. The molecule has 6 nitrogen and oxygen atoms in total. The van der Waals surface area contributed by atoms with E-state index < -0.39 is 11.9 Å². The molecule has 6 heteroatoms. The van der Waals surface area contributed by atoms with Gasteiger partial charge in [-0.25, -0.2) is 0 Å². The van der Waals surface area contributed by atoms with Crippen LogP contribution in [0.15, 0.2) is 24.3 Å². The highest BCUT2D eigenvalue weighted by Gasteiger charge is 2.47. The van der Waals surface area contributed by atoms with Crippen molar-refractivity contribution in [2.24, 2.45) is 5.92 Å². The van der Waals surface area contributed by atoms with E-state index in [0.29, 0.717) is 6.61 Å². The Kier molecular flexibility index (Phi) is 5.97. The zero-order valence-corrected chi connectivity index (χ0v) is 15.9. The highest BCUT2D eigenvalue weighted by molar-refractivity contribution is 5.90. The summed E-state index contributed by atoms with van der Waals surface area (Å²) in [7, 11) is 3.19. The lowest BCUT2D eigenvalue weighted by molar-refractivity contribution is -0.173. The molecule has 3 rings (SSSR count). The maximum absolute atomic E-state index is 13.2. The molecule has 144 valence electrons. The van der Waals surface area contributed by atoms with Gasteiger partial charge in [-0.1, -0.05) is 12.1 Å². The molecular formula is C20H28O6. The third kappa shape index (κ3) is 4.09. The minimum atomic E-state index is -0.619. The number of ether oxygens (including phenoxy) is 5. The molecule has 0 amide bonds. The number of ketones is 1. The van der Waals surface area contributed by atoms with Gasteiger partial charge in [0.1, 0.15) is 18.6 Å². The van der Waals surface area contributed by atoms with Crippen LogP contribution in [0.5, 0.6) is 5.75 Å². The van der Waals surface area contributed by atoms with Crippen LogP contribution in [0.4, 0.5) is 0 Å². The van der Waals surface area contributed by atoms with Crippen molar-refractivity contribution < 1.29 is 28.5 Å². The number of benzene rings is 1. The Hall–Kier alpha value is -1.47. The fourth-order valence-electron chi connectivity index (χ4n) is 3.88. The molecule has 4 atom stereocenters. The predicted octanol–water partition coefficient (Wildman–Crippen LogP) is 2.90. The number of hydrogen-bond acceptors (Lipinski definition) is 6. The van der Waals surface area contributed by atoms with Crippen molar-refractivity contribution in [3.05, 3.63) is 29.8 Å². The van der Waals surface area contributed by atoms with Gasteiger partial charge in [0.05, 0.1) is 19.8 Å². The summed E-state index contributed by atoms with van der Waals surface area (Å²) in [5.41, 5.74) is 0.990. The van der Waals surface area contributed by atoms with Crippen molar-refractivity contribution in [3.8, 4) is 5.75 Å². The molecule has 1 saturated heterocycles. The van der Waals surface area contributed by atoms with Crippen molar-refractivity contribution in [1.29, 1.82) is 0 Å². The van der Waals surface area contributed by atoms with E-state index in [1.807, 2.05) is 38.1 Å². The zero-order valence-electron chi connectivity index (χ0n) is 15.9. The van der Waals surface area contributed by atoms with Crippen molar-refractivity contribution in [2.75, 3.05) is 27.6 Å². The van der Waals surface area contributed by atoms with Crippen LogP contribution in [0, 0.1) is 5.92 Å². The van der Waals surface area contributed by atoms with Gasteiger partial charge in [0.15, 0.2) is 11.6 Å². The predicted molar refractivity (Wildman–Crippen MR) is 95.1 cm³/mol. The molecule has 0 N–H and O–H groups in total. The Morgan fingerprint density at radius 3 is 2.46 bits per heavy atom. The fraction of sp³-hybridized carbons (Fsp3) is 0.650. The van der Waals surface area contributed by atoms with E-state index >= 15 is 0 Å². The summed E-state index contributed by atoms with van der Waals surface area (Å²) in [6.45, 7) is 4.34. The summed E-state index contributed by atoms with van der Waals surface area (Å²) in [6, 6.07) is 7.67. The number of methoxy groups -OCH3 is 2. The molecule has 26 heavy (non-hydrogen) atoms. The van der Waals surface area contributed by atoms with Crippen LogP contribution in [-0.4, -0.2) is 51.4 Å². The summed E-state index contributed by atoms with van der Waals surface area (Å²) in [5, 5.41) is 0. The number of Topliss-reactive ketones (excluding diaryl/α,β-unsaturated/α-hetero) is 1. The summed E-state index contributed by atoms with van der Waals surface area (Å²) >= 11 is 0. The Morgan fingerprint density at radius 2 is 1.88 bits per heavy atom. The highest BCUT2D eigenvalue weighted by atomic mass is 16.7. The van der Waals surface area contributed by atoms with Crippen LogP contribution in [0.1, 0.15) is 38.2 Å². The molecule has 0 bridgehead atoms. The number of carbonyl (C=O) groups is 1. The van der Waals surface area contributed by atoms with E-state index in [1.165, 1.54) is 0 Å². The SMILES string of the molecule is COCO[C@H]1C(=O)C(c2ccc(OC)cc2)CC[C@H]1[C@H]1COC(C)(C)O1. The van der Waals surface area contributed by atoms with Gasteiger partial charge in [0, 0.05) is 18.9 Å². The smallest absolute Gasteiger partial charge is 0.169 e. The Balaban J connectivity index is 1.77. The average molecular weight is 364 g/mol. The van der Waals surface area contributed by atoms with Gasteiger partial charge in [0.2, 0.25) is 0 Å².